The van der Waals surface area contributed by atoms with Gasteiger partial charge in [0.25, 0.3) is 5.91 Å². The summed E-state index contributed by atoms with van der Waals surface area (Å²) in [5, 5.41) is 0. The first-order chi connectivity index (χ1) is 14.8. The summed E-state index contributed by atoms with van der Waals surface area (Å²) in [5.74, 6) is 0.0820. The molecule has 0 radical (unpaired) electrons. The number of anilines is 1. The highest BCUT2D eigenvalue weighted by atomic mass is 32.2. The zero-order valence-electron chi connectivity index (χ0n) is 17.5. The summed E-state index contributed by atoms with van der Waals surface area (Å²) in [4.78, 5) is 28.6. The van der Waals surface area contributed by atoms with Crippen molar-refractivity contribution in [3.05, 3.63) is 54.1 Å². The van der Waals surface area contributed by atoms with Crippen LogP contribution in [0.5, 0.6) is 5.75 Å². The van der Waals surface area contributed by atoms with Crippen LogP contribution >= 0.6 is 0 Å². The first-order valence-electron chi connectivity index (χ1n) is 10.2. The number of para-hydroxylation sites is 2. The van der Waals surface area contributed by atoms with E-state index in [1.165, 1.54) is 11.2 Å². The number of fused-ring (bicyclic) bond motifs is 1. The number of amides is 2. The van der Waals surface area contributed by atoms with Crippen LogP contribution in [0.1, 0.15) is 12.5 Å². The number of ether oxygens (including phenoxy) is 1. The van der Waals surface area contributed by atoms with Crippen LogP contribution in [-0.4, -0.2) is 68.3 Å². The third-order valence-corrected chi connectivity index (χ3v) is 7.55. The fourth-order valence-corrected chi connectivity index (χ4v) is 5.30. The van der Waals surface area contributed by atoms with Crippen molar-refractivity contribution in [2.24, 2.45) is 0 Å². The summed E-state index contributed by atoms with van der Waals surface area (Å²) in [7, 11) is -3.60. The quantitative estimate of drug-likeness (QED) is 0.720. The standard InChI is InChI=1S/C22H25N3O5S/c1-16-7-9-18(10-8-16)31(28,29)24-13-11-23(12-14-24)22(27)21-15-25(17(2)26)19-5-3-4-6-20(19)30-21/h3-10,21H,11-15H2,1-2H3. The van der Waals surface area contributed by atoms with E-state index in [1.807, 2.05) is 13.0 Å². The molecule has 2 aliphatic heterocycles. The maximum atomic E-state index is 13.1. The van der Waals surface area contributed by atoms with Crippen molar-refractivity contribution in [3.63, 3.8) is 0 Å². The Kier molecular flexibility index (Phi) is 5.72. The molecule has 9 heteroatoms. The van der Waals surface area contributed by atoms with Crippen LogP contribution in [0.4, 0.5) is 5.69 Å². The highest BCUT2D eigenvalue weighted by molar-refractivity contribution is 7.89. The lowest BCUT2D eigenvalue weighted by molar-refractivity contribution is -0.140. The van der Waals surface area contributed by atoms with Crippen LogP contribution in [0, 0.1) is 6.92 Å². The molecule has 2 aliphatic rings. The Labute approximate surface area is 182 Å². The molecule has 1 unspecified atom stereocenters. The van der Waals surface area contributed by atoms with Gasteiger partial charge in [0, 0.05) is 33.1 Å². The Balaban J connectivity index is 1.44. The first-order valence-corrected chi connectivity index (χ1v) is 11.6. The van der Waals surface area contributed by atoms with Crippen molar-refractivity contribution in [2.45, 2.75) is 24.8 Å². The lowest BCUT2D eigenvalue weighted by atomic mass is 10.1. The predicted molar refractivity (Wildman–Crippen MR) is 115 cm³/mol. The van der Waals surface area contributed by atoms with E-state index < -0.39 is 16.1 Å². The Bertz CT molecular complexity index is 1090. The van der Waals surface area contributed by atoms with Gasteiger partial charge >= 0.3 is 0 Å². The number of sulfonamides is 1. The highest BCUT2D eigenvalue weighted by Crippen LogP contribution is 2.33. The maximum Gasteiger partial charge on any atom is 0.265 e. The lowest BCUT2D eigenvalue weighted by Crippen LogP contribution is -2.56. The van der Waals surface area contributed by atoms with Gasteiger partial charge in [-0.2, -0.15) is 4.31 Å². The van der Waals surface area contributed by atoms with Gasteiger partial charge in [0.15, 0.2) is 6.10 Å². The second-order valence-electron chi connectivity index (χ2n) is 7.75. The molecule has 4 rings (SSSR count). The Morgan fingerprint density at radius 3 is 2.26 bits per heavy atom. The summed E-state index contributed by atoms with van der Waals surface area (Å²) in [6.45, 7) is 4.45. The van der Waals surface area contributed by atoms with Crippen molar-refractivity contribution in [1.82, 2.24) is 9.21 Å². The van der Waals surface area contributed by atoms with Crippen LogP contribution in [-0.2, 0) is 19.6 Å². The van der Waals surface area contributed by atoms with Crippen molar-refractivity contribution < 1.29 is 22.7 Å². The molecule has 0 saturated carbocycles. The number of hydrogen-bond donors (Lipinski definition) is 0. The topological polar surface area (TPSA) is 87.2 Å². The minimum Gasteiger partial charge on any atom is -0.476 e. The van der Waals surface area contributed by atoms with Gasteiger partial charge in [-0.25, -0.2) is 8.42 Å². The van der Waals surface area contributed by atoms with Gasteiger partial charge in [0.05, 0.1) is 17.1 Å². The van der Waals surface area contributed by atoms with Crippen LogP contribution in [0.2, 0.25) is 0 Å². The molecule has 2 heterocycles. The van der Waals surface area contributed by atoms with E-state index in [2.05, 4.69) is 0 Å². The minimum absolute atomic E-state index is 0.132. The van der Waals surface area contributed by atoms with Crippen LogP contribution in [0.15, 0.2) is 53.4 Å². The fourth-order valence-electron chi connectivity index (χ4n) is 3.87. The number of nitrogens with zero attached hydrogens (tertiary/aromatic N) is 3. The van der Waals surface area contributed by atoms with E-state index in [0.717, 1.165) is 5.56 Å². The molecule has 2 aromatic rings. The molecule has 2 amide bonds. The molecular formula is C22H25N3O5S. The number of aryl methyl sites for hydroxylation is 1. The van der Waals surface area contributed by atoms with Crippen molar-refractivity contribution in [2.75, 3.05) is 37.6 Å². The van der Waals surface area contributed by atoms with Gasteiger partial charge in [-0.3, -0.25) is 9.59 Å². The largest absolute Gasteiger partial charge is 0.476 e. The molecule has 31 heavy (non-hydrogen) atoms. The van der Waals surface area contributed by atoms with Crippen molar-refractivity contribution in [3.8, 4) is 5.75 Å². The van der Waals surface area contributed by atoms with Gasteiger partial charge in [-0.15, -0.1) is 0 Å². The van der Waals surface area contributed by atoms with E-state index in [9.17, 15) is 18.0 Å². The molecule has 164 valence electrons. The molecule has 1 fully saturated rings. The van der Waals surface area contributed by atoms with Gasteiger partial charge in [0.2, 0.25) is 15.9 Å². The van der Waals surface area contributed by atoms with Gasteiger partial charge < -0.3 is 14.5 Å². The van der Waals surface area contributed by atoms with E-state index in [1.54, 1.807) is 52.3 Å². The van der Waals surface area contributed by atoms with E-state index >= 15 is 0 Å². The summed E-state index contributed by atoms with van der Waals surface area (Å²) in [6, 6.07) is 13.9. The molecule has 8 nitrogen and oxygen atoms in total. The SMILES string of the molecule is CC(=O)N1CC(C(=O)N2CCN(S(=O)(=O)c3ccc(C)cc3)CC2)Oc2ccccc21. The molecule has 0 aromatic heterocycles. The number of benzene rings is 2. The smallest absolute Gasteiger partial charge is 0.265 e. The zero-order valence-corrected chi connectivity index (χ0v) is 18.3. The zero-order chi connectivity index (χ0) is 22.2. The van der Waals surface area contributed by atoms with E-state index in [0.29, 0.717) is 11.4 Å². The molecule has 0 aliphatic carbocycles. The van der Waals surface area contributed by atoms with E-state index in [4.69, 9.17) is 4.74 Å². The normalized spacial score (nSPS) is 19.5. The lowest BCUT2D eigenvalue weighted by Gasteiger charge is -2.38. The second kappa shape index (κ2) is 8.32. The summed E-state index contributed by atoms with van der Waals surface area (Å²) >= 11 is 0. The highest BCUT2D eigenvalue weighted by Gasteiger charge is 2.37. The van der Waals surface area contributed by atoms with Gasteiger partial charge in [0.1, 0.15) is 5.75 Å². The number of carbonyl (C=O) groups is 2. The Morgan fingerprint density at radius 2 is 1.61 bits per heavy atom. The fraction of sp³-hybridized carbons (Fsp3) is 0.364. The molecule has 0 spiro atoms. The number of hydrogen-bond acceptors (Lipinski definition) is 5. The molecule has 0 bridgehead atoms. The minimum atomic E-state index is -3.60. The molecule has 0 N–H and O–H groups in total. The summed E-state index contributed by atoms with van der Waals surface area (Å²) < 4.78 is 33.1. The summed E-state index contributed by atoms with van der Waals surface area (Å²) in [6.07, 6.45) is -0.820. The maximum absolute atomic E-state index is 13.1. The van der Waals surface area contributed by atoms with Crippen molar-refractivity contribution >= 4 is 27.5 Å². The second-order valence-corrected chi connectivity index (χ2v) is 9.68. The van der Waals surface area contributed by atoms with Crippen LogP contribution < -0.4 is 9.64 Å². The third-order valence-electron chi connectivity index (χ3n) is 5.64. The van der Waals surface area contributed by atoms with Gasteiger partial charge in [-0.05, 0) is 31.2 Å². The summed E-state index contributed by atoms with van der Waals surface area (Å²) in [5.41, 5.74) is 1.64. The predicted octanol–water partition coefficient (Wildman–Crippen LogP) is 1.64. The first kappa shape index (κ1) is 21.3. The Morgan fingerprint density at radius 1 is 0.968 bits per heavy atom. The van der Waals surface area contributed by atoms with Crippen LogP contribution in [0.3, 0.4) is 0 Å². The van der Waals surface area contributed by atoms with E-state index in [-0.39, 0.29) is 49.4 Å². The molecular weight excluding hydrogens is 418 g/mol. The molecule has 2 aromatic carbocycles. The molecule has 1 atom stereocenters. The number of carbonyl (C=O) groups excluding carboxylic acids is 2. The average molecular weight is 444 g/mol. The molecule has 1 saturated heterocycles. The van der Waals surface area contributed by atoms with Gasteiger partial charge in [-0.1, -0.05) is 29.8 Å². The van der Waals surface area contributed by atoms with Crippen LogP contribution in [0.25, 0.3) is 0 Å². The number of piperazine rings is 1. The number of rotatable bonds is 3. The Hall–Kier alpha value is -2.91. The average Bonchev–Trinajstić information content (AvgIpc) is 2.78. The third kappa shape index (κ3) is 4.15. The van der Waals surface area contributed by atoms with Crippen molar-refractivity contribution in [1.29, 1.82) is 0 Å². The monoisotopic (exact) mass is 443 g/mol.